The summed E-state index contributed by atoms with van der Waals surface area (Å²) in [6, 6.07) is 3.37. The van der Waals surface area contributed by atoms with Crippen molar-refractivity contribution in [2.45, 2.75) is 32.2 Å². The van der Waals surface area contributed by atoms with Gasteiger partial charge in [-0.2, -0.15) is 0 Å². The number of hydrogen-bond acceptors (Lipinski definition) is 5. The number of nitrogens with zero attached hydrogens (tertiary/aromatic N) is 3. The van der Waals surface area contributed by atoms with Crippen LogP contribution in [0.15, 0.2) is 12.1 Å². The second kappa shape index (κ2) is 6.47. The number of likely N-dealkylation sites (tertiary alicyclic amines) is 1. The van der Waals surface area contributed by atoms with E-state index in [1.165, 1.54) is 0 Å². The van der Waals surface area contributed by atoms with Gasteiger partial charge >= 0.3 is 0 Å². The Kier molecular flexibility index (Phi) is 4.68. The molecule has 0 spiro atoms. The van der Waals surface area contributed by atoms with E-state index < -0.39 is 0 Å². The smallest absolute Gasteiger partial charge is 0.274 e. The molecule has 1 aliphatic heterocycles. The molecule has 1 saturated heterocycles. The van der Waals surface area contributed by atoms with E-state index in [4.69, 9.17) is 0 Å². The Morgan fingerprint density at radius 1 is 1.53 bits per heavy atom. The van der Waals surface area contributed by atoms with Gasteiger partial charge in [0.2, 0.25) is 0 Å². The first kappa shape index (κ1) is 13.7. The summed E-state index contributed by atoms with van der Waals surface area (Å²) in [7, 11) is 0. The van der Waals surface area contributed by atoms with Crippen LogP contribution in [0.4, 0.5) is 5.82 Å². The minimum absolute atomic E-state index is 0.00923. The quantitative estimate of drug-likeness (QED) is 0.826. The molecule has 2 heterocycles. The van der Waals surface area contributed by atoms with Crippen molar-refractivity contribution < 1.29 is 9.90 Å². The second-order valence-corrected chi connectivity index (χ2v) is 4.71. The maximum atomic E-state index is 12.2. The van der Waals surface area contributed by atoms with Crippen LogP contribution in [0.5, 0.6) is 0 Å². The number of anilines is 1. The molecule has 1 aliphatic rings. The van der Waals surface area contributed by atoms with Crippen molar-refractivity contribution in [1.29, 1.82) is 0 Å². The molecule has 1 aromatic heterocycles. The number of aliphatic hydroxyl groups excluding tert-OH is 1. The van der Waals surface area contributed by atoms with Crippen molar-refractivity contribution in [3.63, 3.8) is 0 Å². The van der Waals surface area contributed by atoms with Crippen LogP contribution < -0.4 is 5.32 Å². The van der Waals surface area contributed by atoms with Gasteiger partial charge in [0.05, 0.1) is 12.6 Å². The maximum Gasteiger partial charge on any atom is 0.274 e. The van der Waals surface area contributed by atoms with E-state index in [0.29, 0.717) is 18.1 Å². The number of carbonyl (C=O) groups is 1. The molecule has 1 atom stereocenters. The zero-order valence-electron chi connectivity index (χ0n) is 11.2. The molecule has 1 amide bonds. The average molecular weight is 264 g/mol. The van der Waals surface area contributed by atoms with Crippen LogP contribution >= 0.6 is 0 Å². The van der Waals surface area contributed by atoms with Crippen LogP contribution in [-0.2, 0) is 0 Å². The number of aromatic nitrogens is 2. The lowest BCUT2D eigenvalue weighted by atomic mass is 10.2. The number of carbonyl (C=O) groups excluding carboxylic acids is 1. The third kappa shape index (κ3) is 3.20. The van der Waals surface area contributed by atoms with Crippen molar-refractivity contribution in [2.24, 2.45) is 0 Å². The number of nitrogens with one attached hydrogen (secondary N) is 1. The molecule has 19 heavy (non-hydrogen) atoms. The molecule has 2 N–H and O–H groups in total. The van der Waals surface area contributed by atoms with Crippen LogP contribution in [0.3, 0.4) is 0 Å². The molecule has 1 unspecified atom stereocenters. The molecular formula is C13H20N4O2. The van der Waals surface area contributed by atoms with Crippen LogP contribution in [0.25, 0.3) is 0 Å². The molecule has 0 bridgehead atoms. The first-order chi connectivity index (χ1) is 9.26. The topological polar surface area (TPSA) is 78.4 Å². The van der Waals surface area contributed by atoms with Gasteiger partial charge in [-0.15, -0.1) is 10.2 Å². The van der Waals surface area contributed by atoms with E-state index in [1.54, 1.807) is 17.0 Å². The van der Waals surface area contributed by atoms with Crippen molar-refractivity contribution in [3.05, 3.63) is 17.8 Å². The molecule has 104 valence electrons. The van der Waals surface area contributed by atoms with Crippen molar-refractivity contribution in [2.75, 3.05) is 25.0 Å². The Morgan fingerprint density at radius 3 is 3.00 bits per heavy atom. The molecule has 1 aromatic rings. The Bertz CT molecular complexity index is 421. The standard InChI is InChI=1S/C13H20N4O2/c1-2-7-14-12-6-5-11(15-16-12)13(19)17-8-3-4-10(17)9-18/h5-6,10,18H,2-4,7-9H2,1H3,(H,14,16). The van der Waals surface area contributed by atoms with Gasteiger partial charge in [0.1, 0.15) is 5.82 Å². The van der Waals surface area contributed by atoms with Gasteiger partial charge in [-0.05, 0) is 31.4 Å². The van der Waals surface area contributed by atoms with Crippen molar-refractivity contribution in [3.8, 4) is 0 Å². The van der Waals surface area contributed by atoms with E-state index in [2.05, 4.69) is 22.4 Å². The van der Waals surface area contributed by atoms with E-state index in [1.807, 2.05) is 0 Å². The summed E-state index contributed by atoms with van der Waals surface area (Å²) in [5.74, 6) is 0.532. The molecule has 6 heteroatoms. The van der Waals surface area contributed by atoms with Crippen LogP contribution in [0.2, 0.25) is 0 Å². The Morgan fingerprint density at radius 2 is 2.37 bits per heavy atom. The maximum absolute atomic E-state index is 12.2. The molecule has 0 radical (unpaired) electrons. The average Bonchev–Trinajstić information content (AvgIpc) is 2.93. The summed E-state index contributed by atoms with van der Waals surface area (Å²) in [5.41, 5.74) is 0.336. The fourth-order valence-corrected chi connectivity index (χ4v) is 2.23. The molecule has 2 rings (SSSR count). The van der Waals surface area contributed by atoms with Crippen LogP contribution in [0.1, 0.15) is 36.7 Å². The predicted molar refractivity (Wildman–Crippen MR) is 72.0 cm³/mol. The Hall–Kier alpha value is -1.69. The monoisotopic (exact) mass is 264 g/mol. The normalized spacial score (nSPS) is 18.6. The Balaban J connectivity index is 2.03. The molecule has 6 nitrogen and oxygen atoms in total. The van der Waals surface area contributed by atoms with Gasteiger partial charge < -0.3 is 15.3 Å². The van der Waals surface area contributed by atoms with E-state index >= 15 is 0 Å². The molecule has 0 saturated carbocycles. The summed E-state index contributed by atoms with van der Waals surface area (Å²) in [6.45, 7) is 3.60. The van der Waals surface area contributed by atoms with Gasteiger partial charge in [0.15, 0.2) is 5.69 Å². The highest BCUT2D eigenvalue weighted by Gasteiger charge is 2.29. The highest BCUT2D eigenvalue weighted by Crippen LogP contribution is 2.19. The van der Waals surface area contributed by atoms with Gasteiger partial charge in [-0.3, -0.25) is 4.79 Å². The lowest BCUT2D eigenvalue weighted by Crippen LogP contribution is -2.38. The number of rotatable bonds is 5. The first-order valence-electron chi connectivity index (χ1n) is 6.75. The summed E-state index contributed by atoms with van der Waals surface area (Å²) in [6.07, 6.45) is 2.79. The van der Waals surface area contributed by atoms with Gasteiger partial charge in [0, 0.05) is 13.1 Å². The van der Waals surface area contributed by atoms with Crippen molar-refractivity contribution in [1.82, 2.24) is 15.1 Å². The summed E-state index contributed by atoms with van der Waals surface area (Å²) < 4.78 is 0. The first-order valence-corrected chi connectivity index (χ1v) is 6.75. The highest BCUT2D eigenvalue weighted by atomic mass is 16.3. The van der Waals surface area contributed by atoms with E-state index in [9.17, 15) is 9.90 Å². The highest BCUT2D eigenvalue weighted by molar-refractivity contribution is 5.92. The number of hydrogen-bond donors (Lipinski definition) is 2. The van der Waals surface area contributed by atoms with Crippen LogP contribution in [0, 0.1) is 0 Å². The summed E-state index contributed by atoms with van der Waals surface area (Å²) in [4.78, 5) is 13.9. The Labute approximate surface area is 112 Å². The number of amides is 1. The zero-order chi connectivity index (χ0) is 13.7. The predicted octanol–water partition coefficient (Wildman–Crippen LogP) is 0.895. The SMILES string of the molecule is CCCNc1ccc(C(=O)N2CCCC2CO)nn1. The second-order valence-electron chi connectivity index (χ2n) is 4.71. The lowest BCUT2D eigenvalue weighted by molar-refractivity contribution is 0.0670. The van der Waals surface area contributed by atoms with Gasteiger partial charge in [0.25, 0.3) is 5.91 Å². The van der Waals surface area contributed by atoms with E-state index in [-0.39, 0.29) is 18.6 Å². The molecule has 0 aromatic carbocycles. The van der Waals surface area contributed by atoms with Gasteiger partial charge in [-0.1, -0.05) is 6.92 Å². The fourth-order valence-electron chi connectivity index (χ4n) is 2.23. The summed E-state index contributed by atoms with van der Waals surface area (Å²) >= 11 is 0. The third-order valence-electron chi connectivity index (χ3n) is 3.29. The minimum atomic E-state index is -0.147. The van der Waals surface area contributed by atoms with Crippen LogP contribution in [-0.4, -0.2) is 51.8 Å². The number of aliphatic hydroxyl groups is 1. The summed E-state index contributed by atoms with van der Waals surface area (Å²) in [5, 5.41) is 20.3. The van der Waals surface area contributed by atoms with Crippen molar-refractivity contribution >= 4 is 11.7 Å². The van der Waals surface area contributed by atoms with Gasteiger partial charge in [-0.25, -0.2) is 0 Å². The third-order valence-corrected chi connectivity index (χ3v) is 3.29. The molecule has 0 aliphatic carbocycles. The minimum Gasteiger partial charge on any atom is -0.394 e. The fraction of sp³-hybridized carbons (Fsp3) is 0.615. The van der Waals surface area contributed by atoms with E-state index in [0.717, 1.165) is 25.8 Å². The zero-order valence-corrected chi connectivity index (χ0v) is 11.2. The molecule has 1 fully saturated rings. The lowest BCUT2D eigenvalue weighted by Gasteiger charge is -2.22. The molecular weight excluding hydrogens is 244 g/mol. The largest absolute Gasteiger partial charge is 0.394 e.